The minimum atomic E-state index is -0.303. The minimum Gasteiger partial charge on any atom is -0.292 e. The van der Waals surface area contributed by atoms with Crippen molar-refractivity contribution in [2.24, 2.45) is 0 Å². The van der Waals surface area contributed by atoms with Gasteiger partial charge in [-0.2, -0.15) is 5.10 Å². The molecule has 1 aromatic heterocycles. The number of carbonyl (C=O) groups excluding carboxylic acids is 1. The van der Waals surface area contributed by atoms with Crippen molar-refractivity contribution < 1.29 is 4.79 Å². The molecule has 3 nitrogen and oxygen atoms in total. The summed E-state index contributed by atoms with van der Waals surface area (Å²) in [5.41, 5.74) is 0.303. The minimum absolute atomic E-state index is 0.303. The number of carbonyl (C=O) groups is 1. The lowest BCUT2D eigenvalue weighted by molar-refractivity contribution is 0.103. The molecule has 0 fully saturated rings. The van der Waals surface area contributed by atoms with Crippen LogP contribution >= 0.6 is 0 Å². The number of aromatic nitrogens is 2. The van der Waals surface area contributed by atoms with Crippen LogP contribution < -0.4 is 0 Å². The number of hydrogen-bond acceptors (Lipinski definition) is 3. The summed E-state index contributed by atoms with van der Waals surface area (Å²) in [4.78, 5) is 10.4. The summed E-state index contributed by atoms with van der Waals surface area (Å²) in [7, 11) is 0. The highest BCUT2D eigenvalue weighted by Gasteiger charge is 1.96. The largest absolute Gasteiger partial charge is 0.292 e. The van der Waals surface area contributed by atoms with Crippen LogP contribution in [0.1, 0.15) is 10.5 Å². The lowest BCUT2D eigenvalue weighted by Gasteiger charge is -1.86. The third-order valence-corrected chi connectivity index (χ3v) is 0.858. The fourth-order valence-electron chi connectivity index (χ4n) is 0.450. The molecule has 3 heteroatoms. The van der Waals surface area contributed by atoms with E-state index in [2.05, 4.69) is 17.1 Å². The van der Waals surface area contributed by atoms with E-state index < -0.39 is 0 Å². The maximum Gasteiger partial charge on any atom is 0.183 e. The van der Waals surface area contributed by atoms with E-state index in [0.717, 1.165) is 0 Å². The van der Waals surface area contributed by atoms with Crippen molar-refractivity contribution in [2.45, 2.75) is 0 Å². The molecule has 9 heavy (non-hydrogen) atoms. The normalized spacial score (nSPS) is 9.00. The molecular formula is C6H5N2O. The fourth-order valence-corrected chi connectivity index (χ4v) is 0.450. The van der Waals surface area contributed by atoms with Gasteiger partial charge >= 0.3 is 0 Å². The van der Waals surface area contributed by atoms with Crippen LogP contribution in [0, 0.1) is 6.92 Å². The van der Waals surface area contributed by atoms with E-state index in [1.807, 2.05) is 0 Å². The summed E-state index contributed by atoms with van der Waals surface area (Å²) < 4.78 is 0. The zero-order valence-electron chi connectivity index (χ0n) is 4.74. The van der Waals surface area contributed by atoms with Crippen LogP contribution in [0.5, 0.6) is 0 Å². The van der Waals surface area contributed by atoms with E-state index in [9.17, 15) is 4.79 Å². The molecular weight excluding hydrogens is 116 g/mol. The Kier molecular flexibility index (Phi) is 1.53. The fraction of sp³-hybridized carbons (Fsp3) is 0. The monoisotopic (exact) mass is 121 g/mol. The second kappa shape index (κ2) is 2.35. The Balaban J connectivity index is 2.98. The van der Waals surface area contributed by atoms with Gasteiger partial charge < -0.3 is 0 Å². The predicted octanol–water partition coefficient (Wildman–Crippen LogP) is 0.493. The quantitative estimate of drug-likeness (QED) is 0.508. The summed E-state index contributed by atoms with van der Waals surface area (Å²) in [6.07, 6.45) is 1.51. The molecule has 0 aliphatic carbocycles. The maximum atomic E-state index is 10.4. The molecule has 1 aromatic rings. The lowest BCUT2D eigenvalue weighted by atomic mass is 10.3. The summed E-state index contributed by atoms with van der Waals surface area (Å²) in [5, 5.41) is 7.01. The van der Waals surface area contributed by atoms with Gasteiger partial charge in [0, 0.05) is 13.1 Å². The highest BCUT2D eigenvalue weighted by molar-refractivity contribution is 5.97. The average molecular weight is 121 g/mol. The van der Waals surface area contributed by atoms with E-state index in [1.165, 1.54) is 6.20 Å². The first kappa shape index (κ1) is 5.88. The van der Waals surface area contributed by atoms with E-state index in [1.54, 1.807) is 12.1 Å². The smallest absolute Gasteiger partial charge is 0.183 e. The molecule has 0 atom stereocenters. The first-order valence-electron chi connectivity index (χ1n) is 2.44. The van der Waals surface area contributed by atoms with Crippen molar-refractivity contribution >= 4 is 5.78 Å². The molecule has 0 saturated carbocycles. The SMILES string of the molecule is [CH2]C(=O)c1cccnn1. The van der Waals surface area contributed by atoms with Gasteiger partial charge in [0.25, 0.3) is 0 Å². The molecule has 0 bridgehead atoms. The zero-order valence-corrected chi connectivity index (χ0v) is 4.74. The molecule has 0 N–H and O–H groups in total. The molecule has 0 aromatic carbocycles. The number of rotatable bonds is 1. The summed E-state index contributed by atoms with van der Waals surface area (Å²) in [5.74, 6) is -0.303. The van der Waals surface area contributed by atoms with Crippen LogP contribution in [0.15, 0.2) is 18.3 Å². The van der Waals surface area contributed by atoms with Crippen molar-refractivity contribution in [1.82, 2.24) is 10.2 Å². The molecule has 0 amide bonds. The molecule has 0 saturated heterocycles. The van der Waals surface area contributed by atoms with Gasteiger partial charge in [-0.1, -0.05) is 0 Å². The molecule has 1 rings (SSSR count). The average Bonchev–Trinajstić information content (AvgIpc) is 1.90. The molecule has 0 unspecified atom stereocenters. The van der Waals surface area contributed by atoms with E-state index >= 15 is 0 Å². The van der Waals surface area contributed by atoms with Gasteiger partial charge in [0.2, 0.25) is 0 Å². The van der Waals surface area contributed by atoms with Gasteiger partial charge in [-0.15, -0.1) is 5.10 Å². The first-order chi connectivity index (χ1) is 4.30. The van der Waals surface area contributed by atoms with Crippen LogP contribution in [0.2, 0.25) is 0 Å². The predicted molar refractivity (Wildman–Crippen MR) is 31.7 cm³/mol. The number of hydrogen-bond donors (Lipinski definition) is 0. The van der Waals surface area contributed by atoms with Crippen molar-refractivity contribution in [3.05, 3.63) is 30.9 Å². The van der Waals surface area contributed by atoms with Crippen LogP contribution in [0.25, 0.3) is 0 Å². The molecule has 45 valence electrons. The van der Waals surface area contributed by atoms with Crippen molar-refractivity contribution in [1.29, 1.82) is 0 Å². The second-order valence-corrected chi connectivity index (χ2v) is 1.53. The van der Waals surface area contributed by atoms with Crippen LogP contribution in [0.3, 0.4) is 0 Å². The summed E-state index contributed by atoms with van der Waals surface area (Å²) in [6, 6.07) is 3.22. The molecule has 1 heterocycles. The van der Waals surface area contributed by atoms with Crippen molar-refractivity contribution in [2.75, 3.05) is 0 Å². The third-order valence-electron chi connectivity index (χ3n) is 0.858. The third kappa shape index (κ3) is 1.32. The Bertz CT molecular complexity index is 208. The van der Waals surface area contributed by atoms with Gasteiger partial charge in [0.05, 0.1) is 0 Å². The number of Topliss-reactive ketones (excluding diaryl/α,β-unsaturated/α-hetero) is 1. The van der Waals surface area contributed by atoms with E-state index in [4.69, 9.17) is 0 Å². The zero-order chi connectivity index (χ0) is 6.69. The molecule has 0 aliphatic heterocycles. The Morgan fingerprint density at radius 1 is 1.67 bits per heavy atom. The van der Waals surface area contributed by atoms with E-state index in [-0.39, 0.29) is 5.78 Å². The molecule has 1 radical (unpaired) electrons. The Morgan fingerprint density at radius 2 is 2.44 bits per heavy atom. The van der Waals surface area contributed by atoms with Crippen LogP contribution in [0.4, 0.5) is 0 Å². The Morgan fingerprint density at radius 3 is 2.78 bits per heavy atom. The molecule has 0 spiro atoms. The van der Waals surface area contributed by atoms with Gasteiger partial charge in [0.1, 0.15) is 5.69 Å². The van der Waals surface area contributed by atoms with Gasteiger partial charge in [-0.05, 0) is 12.1 Å². The number of nitrogens with zero attached hydrogens (tertiary/aromatic N) is 2. The summed E-state index contributed by atoms with van der Waals surface area (Å²) >= 11 is 0. The van der Waals surface area contributed by atoms with Gasteiger partial charge in [-0.25, -0.2) is 0 Å². The van der Waals surface area contributed by atoms with Gasteiger partial charge in [-0.3, -0.25) is 4.79 Å². The summed E-state index contributed by atoms with van der Waals surface area (Å²) in [6.45, 7) is 3.17. The van der Waals surface area contributed by atoms with Crippen molar-refractivity contribution in [3.63, 3.8) is 0 Å². The maximum absolute atomic E-state index is 10.4. The Labute approximate surface area is 52.7 Å². The van der Waals surface area contributed by atoms with E-state index in [0.29, 0.717) is 5.69 Å². The lowest BCUT2D eigenvalue weighted by Crippen LogP contribution is -1.96. The molecule has 0 aliphatic rings. The van der Waals surface area contributed by atoms with Crippen LogP contribution in [-0.4, -0.2) is 16.0 Å². The van der Waals surface area contributed by atoms with Crippen LogP contribution in [-0.2, 0) is 0 Å². The highest BCUT2D eigenvalue weighted by atomic mass is 16.1. The highest BCUT2D eigenvalue weighted by Crippen LogP contribution is 1.89. The standard InChI is InChI=1S/C6H5N2O/c1-5(9)6-3-2-4-7-8-6/h2-4H,1H2. The topological polar surface area (TPSA) is 42.9 Å². The van der Waals surface area contributed by atoms with Gasteiger partial charge in [0.15, 0.2) is 5.78 Å². The number of ketones is 1. The second-order valence-electron chi connectivity index (χ2n) is 1.53. The Hall–Kier alpha value is -1.25. The van der Waals surface area contributed by atoms with Crippen molar-refractivity contribution in [3.8, 4) is 0 Å². The first-order valence-corrected chi connectivity index (χ1v) is 2.44.